The summed E-state index contributed by atoms with van der Waals surface area (Å²) in [5.74, 6) is 5.23. The average molecular weight is 343 g/mol. The van der Waals surface area contributed by atoms with Crippen LogP contribution < -0.4 is 26.1 Å². The maximum Gasteiger partial charge on any atom is 0.256 e. The lowest BCUT2D eigenvalue weighted by Crippen LogP contribution is -2.50. The molecule has 2 aromatic rings. The summed E-state index contributed by atoms with van der Waals surface area (Å²) >= 11 is 0. The van der Waals surface area contributed by atoms with E-state index in [0.717, 1.165) is 5.56 Å². The fourth-order valence-electron chi connectivity index (χ4n) is 2.38. The first-order valence-electron chi connectivity index (χ1n) is 7.66. The van der Waals surface area contributed by atoms with Crippen molar-refractivity contribution >= 4 is 11.8 Å². The number of rotatable bonds is 7. The predicted molar refractivity (Wildman–Crippen MR) is 93.3 cm³/mol. The van der Waals surface area contributed by atoms with E-state index in [1.165, 1.54) is 14.2 Å². The molecule has 4 N–H and O–H groups in total. The Kier molecular flexibility index (Phi) is 6.36. The number of hydrazine groups is 1. The van der Waals surface area contributed by atoms with Gasteiger partial charge >= 0.3 is 0 Å². The Morgan fingerprint density at radius 3 is 2.40 bits per heavy atom. The summed E-state index contributed by atoms with van der Waals surface area (Å²) < 4.78 is 10.3. The molecule has 0 aliphatic heterocycles. The predicted octanol–water partition coefficient (Wildman–Crippen LogP) is 1.03. The molecule has 0 fully saturated rings. The lowest BCUT2D eigenvalue weighted by Gasteiger charge is -2.18. The summed E-state index contributed by atoms with van der Waals surface area (Å²) in [5.41, 5.74) is 3.28. The fourth-order valence-corrected chi connectivity index (χ4v) is 2.38. The van der Waals surface area contributed by atoms with E-state index in [-0.39, 0.29) is 0 Å². The first kappa shape index (κ1) is 18.3. The van der Waals surface area contributed by atoms with Crippen LogP contribution in [0.1, 0.15) is 15.9 Å². The van der Waals surface area contributed by atoms with Gasteiger partial charge in [0.25, 0.3) is 11.8 Å². The molecular formula is C18H21N3O4. The van der Waals surface area contributed by atoms with Crippen molar-refractivity contribution in [1.29, 1.82) is 0 Å². The van der Waals surface area contributed by atoms with Crippen LogP contribution in [0.3, 0.4) is 0 Å². The molecule has 0 unspecified atom stereocenters. The monoisotopic (exact) mass is 343 g/mol. The molecule has 1 atom stereocenters. The molecule has 7 heteroatoms. The lowest BCUT2D eigenvalue weighted by atomic mass is 10.0. The van der Waals surface area contributed by atoms with Gasteiger partial charge in [-0.2, -0.15) is 0 Å². The van der Waals surface area contributed by atoms with Gasteiger partial charge in [-0.1, -0.05) is 30.3 Å². The highest BCUT2D eigenvalue weighted by atomic mass is 16.5. The van der Waals surface area contributed by atoms with Gasteiger partial charge in [0, 0.05) is 12.5 Å². The van der Waals surface area contributed by atoms with Gasteiger partial charge in [0.15, 0.2) is 0 Å². The van der Waals surface area contributed by atoms with E-state index in [0.29, 0.717) is 23.5 Å². The minimum Gasteiger partial charge on any atom is -0.497 e. The van der Waals surface area contributed by atoms with Crippen molar-refractivity contribution in [2.24, 2.45) is 5.84 Å². The molecule has 0 aromatic heterocycles. The summed E-state index contributed by atoms with van der Waals surface area (Å²) in [6.45, 7) is 0. The number of hydrogen-bond donors (Lipinski definition) is 3. The van der Waals surface area contributed by atoms with Gasteiger partial charge in [-0.15, -0.1) is 0 Å². The normalized spacial score (nSPS) is 11.3. The number of methoxy groups -OCH3 is 2. The zero-order valence-electron chi connectivity index (χ0n) is 14.1. The Balaban J connectivity index is 2.20. The fraction of sp³-hybridized carbons (Fsp3) is 0.222. The second kappa shape index (κ2) is 8.70. The maximum atomic E-state index is 12.6. The molecule has 0 saturated carbocycles. The Morgan fingerprint density at radius 1 is 1.08 bits per heavy atom. The molecule has 2 amide bonds. The number of nitrogens with one attached hydrogen (secondary N) is 2. The smallest absolute Gasteiger partial charge is 0.256 e. The summed E-state index contributed by atoms with van der Waals surface area (Å²) in [4.78, 5) is 24.6. The number of ether oxygens (including phenoxy) is 2. The van der Waals surface area contributed by atoms with Crippen molar-refractivity contribution in [1.82, 2.24) is 10.7 Å². The molecule has 7 nitrogen and oxygen atoms in total. The highest BCUT2D eigenvalue weighted by Gasteiger charge is 2.23. The van der Waals surface area contributed by atoms with E-state index in [9.17, 15) is 9.59 Å². The van der Waals surface area contributed by atoms with E-state index in [1.807, 2.05) is 30.3 Å². The van der Waals surface area contributed by atoms with Gasteiger partial charge in [-0.25, -0.2) is 5.84 Å². The van der Waals surface area contributed by atoms with Crippen LogP contribution in [-0.4, -0.2) is 32.1 Å². The van der Waals surface area contributed by atoms with Crippen LogP contribution in [0.25, 0.3) is 0 Å². The van der Waals surface area contributed by atoms with Gasteiger partial charge in [-0.3, -0.25) is 15.0 Å². The van der Waals surface area contributed by atoms with Crippen molar-refractivity contribution in [3.8, 4) is 11.5 Å². The molecule has 0 spiro atoms. The van der Waals surface area contributed by atoms with E-state index in [2.05, 4.69) is 10.7 Å². The summed E-state index contributed by atoms with van der Waals surface area (Å²) in [6, 6.07) is 13.4. The third kappa shape index (κ3) is 4.71. The van der Waals surface area contributed by atoms with Crippen LogP contribution in [0.5, 0.6) is 11.5 Å². The number of carbonyl (C=O) groups is 2. The van der Waals surface area contributed by atoms with E-state index < -0.39 is 17.9 Å². The lowest BCUT2D eigenvalue weighted by molar-refractivity contribution is -0.123. The van der Waals surface area contributed by atoms with Crippen LogP contribution in [0.4, 0.5) is 0 Å². The zero-order chi connectivity index (χ0) is 18.2. The van der Waals surface area contributed by atoms with Crippen molar-refractivity contribution < 1.29 is 19.1 Å². The molecule has 0 heterocycles. The number of amides is 2. The number of carbonyl (C=O) groups excluding carboxylic acids is 2. The summed E-state index contributed by atoms with van der Waals surface area (Å²) in [7, 11) is 2.98. The molecule has 0 bridgehead atoms. The molecule has 0 radical (unpaired) electrons. The molecule has 0 aliphatic carbocycles. The van der Waals surface area contributed by atoms with Crippen molar-refractivity contribution in [3.63, 3.8) is 0 Å². The van der Waals surface area contributed by atoms with Gasteiger partial charge in [0.2, 0.25) is 0 Å². The topological polar surface area (TPSA) is 103 Å². The van der Waals surface area contributed by atoms with Crippen LogP contribution >= 0.6 is 0 Å². The largest absolute Gasteiger partial charge is 0.497 e. The van der Waals surface area contributed by atoms with Gasteiger partial charge in [0.1, 0.15) is 17.5 Å². The Morgan fingerprint density at radius 2 is 1.80 bits per heavy atom. The van der Waals surface area contributed by atoms with Gasteiger partial charge in [0.05, 0.1) is 19.8 Å². The Bertz CT molecular complexity index is 734. The molecule has 132 valence electrons. The van der Waals surface area contributed by atoms with Crippen LogP contribution in [0.15, 0.2) is 48.5 Å². The van der Waals surface area contributed by atoms with Crippen molar-refractivity contribution in [2.75, 3.05) is 14.2 Å². The van der Waals surface area contributed by atoms with Crippen LogP contribution in [0, 0.1) is 0 Å². The highest BCUT2D eigenvalue weighted by Crippen LogP contribution is 2.24. The van der Waals surface area contributed by atoms with Gasteiger partial charge < -0.3 is 14.8 Å². The van der Waals surface area contributed by atoms with Crippen LogP contribution in [-0.2, 0) is 11.2 Å². The molecule has 25 heavy (non-hydrogen) atoms. The van der Waals surface area contributed by atoms with E-state index >= 15 is 0 Å². The first-order valence-corrected chi connectivity index (χ1v) is 7.66. The molecular weight excluding hydrogens is 322 g/mol. The van der Waals surface area contributed by atoms with Gasteiger partial charge in [-0.05, 0) is 17.7 Å². The Hall–Kier alpha value is -3.06. The second-order valence-electron chi connectivity index (χ2n) is 5.29. The van der Waals surface area contributed by atoms with Crippen molar-refractivity contribution in [3.05, 3.63) is 59.7 Å². The standard InChI is InChI=1S/C18H21N3O4/c1-24-13-8-9-14(16(11-13)25-2)17(22)20-15(18(23)21-19)10-12-6-4-3-5-7-12/h3-9,11,15H,10,19H2,1-2H3,(H,20,22)(H,21,23)/t15-/m0/s1. The summed E-state index contributed by atoms with van der Waals surface area (Å²) in [5, 5.41) is 2.69. The number of benzene rings is 2. The highest BCUT2D eigenvalue weighted by molar-refractivity contribution is 5.99. The third-order valence-corrected chi connectivity index (χ3v) is 3.70. The molecule has 2 aromatic carbocycles. The number of hydrogen-bond acceptors (Lipinski definition) is 5. The Labute approximate surface area is 146 Å². The molecule has 0 saturated heterocycles. The molecule has 0 aliphatic rings. The maximum absolute atomic E-state index is 12.6. The minimum absolute atomic E-state index is 0.297. The second-order valence-corrected chi connectivity index (χ2v) is 5.29. The molecule has 2 rings (SSSR count). The van der Waals surface area contributed by atoms with Crippen LogP contribution in [0.2, 0.25) is 0 Å². The van der Waals surface area contributed by atoms with E-state index in [4.69, 9.17) is 15.3 Å². The SMILES string of the molecule is COc1ccc(C(=O)N[C@@H](Cc2ccccc2)C(=O)NN)c(OC)c1. The summed E-state index contributed by atoms with van der Waals surface area (Å²) in [6.07, 6.45) is 0.314. The number of nitrogens with two attached hydrogens (primary N) is 1. The minimum atomic E-state index is -0.813. The van der Waals surface area contributed by atoms with E-state index in [1.54, 1.807) is 18.2 Å². The first-order chi connectivity index (χ1) is 12.1. The average Bonchev–Trinajstić information content (AvgIpc) is 2.66. The third-order valence-electron chi connectivity index (χ3n) is 3.70. The quantitative estimate of drug-likeness (QED) is 0.396. The van der Waals surface area contributed by atoms with Crippen molar-refractivity contribution in [2.45, 2.75) is 12.5 Å². The zero-order valence-corrected chi connectivity index (χ0v) is 14.1.